The second-order valence-electron chi connectivity index (χ2n) is 7.10. The quantitative estimate of drug-likeness (QED) is 0.889. The Morgan fingerprint density at radius 1 is 1.10 bits per heavy atom. The smallest absolute Gasteiger partial charge is 0.0236 e. The Kier molecular flexibility index (Phi) is 3.87. The normalized spacial score (nSPS) is 27.4. The van der Waals surface area contributed by atoms with Gasteiger partial charge in [0.1, 0.15) is 0 Å². The summed E-state index contributed by atoms with van der Waals surface area (Å²) in [6, 6.07) is 4.74. The fourth-order valence-corrected chi connectivity index (χ4v) is 3.97. The van der Waals surface area contributed by atoms with E-state index in [0.29, 0.717) is 5.41 Å². The molecule has 1 aromatic carbocycles. The molecule has 0 aliphatic carbocycles. The molecule has 2 heterocycles. The third-order valence-electron chi connectivity index (χ3n) is 5.42. The Hall–Kier alpha value is -0.860. The van der Waals surface area contributed by atoms with Gasteiger partial charge in [0, 0.05) is 19.6 Å². The molecule has 0 amide bonds. The minimum absolute atomic E-state index is 0.575. The van der Waals surface area contributed by atoms with Crippen molar-refractivity contribution in [3.8, 4) is 0 Å². The van der Waals surface area contributed by atoms with Crippen LogP contribution in [-0.2, 0) is 6.54 Å². The van der Waals surface area contributed by atoms with Crippen molar-refractivity contribution in [2.45, 2.75) is 46.6 Å². The van der Waals surface area contributed by atoms with Gasteiger partial charge >= 0.3 is 0 Å². The largest absolute Gasteiger partial charge is 0.316 e. The zero-order valence-electron chi connectivity index (χ0n) is 13.3. The minimum atomic E-state index is 0.575. The third kappa shape index (κ3) is 2.77. The molecule has 2 nitrogen and oxygen atoms in total. The van der Waals surface area contributed by atoms with Crippen LogP contribution in [0.25, 0.3) is 0 Å². The summed E-state index contributed by atoms with van der Waals surface area (Å²) in [6.45, 7) is 12.8. The van der Waals surface area contributed by atoms with Gasteiger partial charge in [0.05, 0.1) is 0 Å². The van der Waals surface area contributed by atoms with Gasteiger partial charge in [-0.3, -0.25) is 4.90 Å². The molecule has 0 saturated carbocycles. The molecule has 2 saturated heterocycles. The lowest BCUT2D eigenvalue weighted by molar-refractivity contribution is 0.199. The predicted molar refractivity (Wildman–Crippen MR) is 85.1 cm³/mol. The van der Waals surface area contributed by atoms with Crippen LogP contribution in [-0.4, -0.2) is 31.1 Å². The Labute approximate surface area is 123 Å². The van der Waals surface area contributed by atoms with Gasteiger partial charge in [0.15, 0.2) is 0 Å². The lowest BCUT2D eigenvalue weighted by Crippen LogP contribution is -2.41. The monoisotopic (exact) mass is 272 g/mol. The first-order valence-electron chi connectivity index (χ1n) is 8.08. The average molecular weight is 272 g/mol. The number of likely N-dealkylation sites (tertiary alicyclic amines) is 1. The minimum Gasteiger partial charge on any atom is -0.316 e. The second kappa shape index (κ2) is 5.50. The van der Waals surface area contributed by atoms with E-state index < -0.39 is 0 Å². The molecule has 1 spiro atoms. The first kappa shape index (κ1) is 14.1. The molecule has 20 heavy (non-hydrogen) atoms. The fraction of sp³-hybridized carbons (Fsp3) is 0.667. The van der Waals surface area contributed by atoms with E-state index in [1.807, 2.05) is 0 Å². The van der Waals surface area contributed by atoms with Crippen LogP contribution >= 0.6 is 0 Å². The highest BCUT2D eigenvalue weighted by atomic mass is 15.2. The molecule has 0 bridgehead atoms. The summed E-state index contributed by atoms with van der Waals surface area (Å²) < 4.78 is 0. The standard InChI is InChI=1S/C18H28N2/c1-14-9-16(3)17(10-15(14)2)11-20-8-6-18(13-20)5-4-7-19-12-18/h9-10,19H,4-8,11-13H2,1-3H3/t18-/m0/s1. The van der Waals surface area contributed by atoms with Gasteiger partial charge in [0.2, 0.25) is 0 Å². The lowest BCUT2D eigenvalue weighted by atomic mass is 9.80. The average Bonchev–Trinajstić information content (AvgIpc) is 2.79. The van der Waals surface area contributed by atoms with Gasteiger partial charge in [0.25, 0.3) is 0 Å². The Morgan fingerprint density at radius 3 is 2.65 bits per heavy atom. The van der Waals surface area contributed by atoms with Crippen molar-refractivity contribution < 1.29 is 0 Å². The van der Waals surface area contributed by atoms with Crippen LogP contribution < -0.4 is 5.32 Å². The summed E-state index contributed by atoms with van der Waals surface area (Å²) in [7, 11) is 0. The number of rotatable bonds is 2. The van der Waals surface area contributed by atoms with Crippen molar-refractivity contribution in [1.82, 2.24) is 10.2 Å². The predicted octanol–water partition coefficient (Wildman–Crippen LogP) is 3.19. The van der Waals surface area contributed by atoms with E-state index in [0.717, 1.165) is 6.54 Å². The lowest BCUT2D eigenvalue weighted by Gasteiger charge is -2.34. The van der Waals surface area contributed by atoms with Crippen LogP contribution in [0.3, 0.4) is 0 Å². The number of nitrogens with zero attached hydrogens (tertiary/aromatic N) is 1. The molecule has 1 aromatic rings. The molecule has 3 rings (SSSR count). The Morgan fingerprint density at radius 2 is 1.90 bits per heavy atom. The first-order valence-corrected chi connectivity index (χ1v) is 8.08. The molecular formula is C18H28N2. The summed E-state index contributed by atoms with van der Waals surface area (Å²) >= 11 is 0. The number of hydrogen-bond acceptors (Lipinski definition) is 2. The Bertz CT molecular complexity index is 486. The fourth-order valence-electron chi connectivity index (χ4n) is 3.97. The van der Waals surface area contributed by atoms with E-state index in [1.165, 1.54) is 67.7 Å². The highest BCUT2D eigenvalue weighted by Crippen LogP contribution is 2.37. The van der Waals surface area contributed by atoms with Gasteiger partial charge in [-0.2, -0.15) is 0 Å². The molecule has 2 fully saturated rings. The highest BCUT2D eigenvalue weighted by Gasteiger charge is 2.38. The summed E-state index contributed by atoms with van der Waals surface area (Å²) in [5, 5.41) is 3.60. The van der Waals surface area contributed by atoms with Gasteiger partial charge in [-0.25, -0.2) is 0 Å². The summed E-state index contributed by atoms with van der Waals surface area (Å²) in [6.07, 6.45) is 4.16. The summed E-state index contributed by atoms with van der Waals surface area (Å²) in [4.78, 5) is 2.67. The SMILES string of the molecule is Cc1cc(C)c(CN2CC[C@]3(CCCNC3)C2)cc1C. The van der Waals surface area contributed by atoms with Gasteiger partial charge in [-0.15, -0.1) is 0 Å². The van der Waals surface area contributed by atoms with Crippen molar-refractivity contribution in [2.24, 2.45) is 5.41 Å². The summed E-state index contributed by atoms with van der Waals surface area (Å²) in [5.41, 5.74) is 6.40. The topological polar surface area (TPSA) is 15.3 Å². The maximum absolute atomic E-state index is 3.60. The number of aryl methyl sites for hydroxylation is 3. The molecule has 0 aromatic heterocycles. The van der Waals surface area contributed by atoms with Crippen molar-refractivity contribution >= 4 is 0 Å². The van der Waals surface area contributed by atoms with Crippen LogP contribution in [0, 0.1) is 26.2 Å². The maximum atomic E-state index is 3.60. The van der Waals surface area contributed by atoms with Crippen LogP contribution in [0.4, 0.5) is 0 Å². The zero-order valence-corrected chi connectivity index (χ0v) is 13.3. The molecule has 2 aliphatic rings. The number of nitrogens with one attached hydrogen (secondary N) is 1. The van der Waals surface area contributed by atoms with Crippen LogP contribution in [0.2, 0.25) is 0 Å². The van der Waals surface area contributed by atoms with Crippen LogP contribution in [0.1, 0.15) is 41.5 Å². The van der Waals surface area contributed by atoms with E-state index in [4.69, 9.17) is 0 Å². The summed E-state index contributed by atoms with van der Waals surface area (Å²) in [5.74, 6) is 0. The molecule has 110 valence electrons. The molecule has 1 atom stereocenters. The van der Waals surface area contributed by atoms with E-state index in [2.05, 4.69) is 43.1 Å². The van der Waals surface area contributed by atoms with E-state index in [1.54, 1.807) is 0 Å². The van der Waals surface area contributed by atoms with Gasteiger partial charge in [-0.1, -0.05) is 12.1 Å². The number of benzene rings is 1. The molecular weight excluding hydrogens is 244 g/mol. The van der Waals surface area contributed by atoms with Crippen LogP contribution in [0.5, 0.6) is 0 Å². The van der Waals surface area contributed by atoms with Crippen molar-refractivity contribution in [2.75, 3.05) is 26.2 Å². The van der Waals surface area contributed by atoms with E-state index in [9.17, 15) is 0 Å². The molecule has 0 radical (unpaired) electrons. The van der Waals surface area contributed by atoms with E-state index >= 15 is 0 Å². The molecule has 2 heteroatoms. The third-order valence-corrected chi connectivity index (χ3v) is 5.42. The van der Waals surface area contributed by atoms with Crippen LogP contribution in [0.15, 0.2) is 12.1 Å². The molecule has 2 aliphatic heterocycles. The molecule has 0 unspecified atom stereocenters. The van der Waals surface area contributed by atoms with Crippen molar-refractivity contribution in [1.29, 1.82) is 0 Å². The van der Waals surface area contributed by atoms with E-state index in [-0.39, 0.29) is 0 Å². The zero-order chi connectivity index (χ0) is 14.2. The first-order chi connectivity index (χ1) is 9.58. The highest BCUT2D eigenvalue weighted by molar-refractivity contribution is 5.36. The maximum Gasteiger partial charge on any atom is 0.0236 e. The number of hydrogen-bond donors (Lipinski definition) is 1. The molecule has 1 N–H and O–H groups in total. The van der Waals surface area contributed by atoms with Gasteiger partial charge in [-0.05, 0) is 80.8 Å². The van der Waals surface area contributed by atoms with Gasteiger partial charge < -0.3 is 5.32 Å². The number of piperidine rings is 1. The van der Waals surface area contributed by atoms with Crippen molar-refractivity contribution in [3.63, 3.8) is 0 Å². The Balaban J connectivity index is 1.69. The second-order valence-corrected chi connectivity index (χ2v) is 7.10. The van der Waals surface area contributed by atoms with Crippen molar-refractivity contribution in [3.05, 3.63) is 34.4 Å².